The monoisotopic (exact) mass is 328 g/mol. The molecule has 0 unspecified atom stereocenters. The second-order valence-electron chi connectivity index (χ2n) is 5.53. The molecule has 0 bridgehead atoms. The van der Waals surface area contributed by atoms with E-state index in [1.54, 1.807) is 13.0 Å². The largest absolute Gasteiger partial charge is 0.372 e. The minimum atomic E-state index is -0.502. The highest BCUT2D eigenvalue weighted by atomic mass is 35.5. The van der Waals surface area contributed by atoms with E-state index < -0.39 is 11.9 Å². The molecule has 122 valence electrons. The molecule has 1 aliphatic heterocycles. The molecule has 0 saturated carbocycles. The molecular weight excluding hydrogens is 307 g/mol. The van der Waals surface area contributed by atoms with E-state index >= 15 is 0 Å². The molecule has 1 N–H and O–H groups in total. The lowest BCUT2D eigenvalue weighted by atomic mass is 9.99. The van der Waals surface area contributed by atoms with Gasteiger partial charge in [0.05, 0.1) is 11.1 Å². The maximum absolute atomic E-state index is 13.8. The smallest absolute Gasteiger partial charge is 0.249 e. The molecular formula is C16H22ClFN2O2. The fourth-order valence-electron chi connectivity index (χ4n) is 2.91. The number of nitrogens with zero attached hydrogens (tertiary/aromatic N) is 1. The Morgan fingerprint density at radius 1 is 1.59 bits per heavy atom. The molecule has 22 heavy (non-hydrogen) atoms. The van der Waals surface area contributed by atoms with Crippen LogP contribution < -0.4 is 5.32 Å². The number of halogens is 2. The molecule has 6 heteroatoms. The van der Waals surface area contributed by atoms with E-state index in [2.05, 4.69) is 17.1 Å². The molecule has 0 aromatic heterocycles. The number of amides is 1. The number of ether oxygens (including phenoxy) is 1. The highest BCUT2D eigenvalue weighted by Gasteiger charge is 2.36. The third kappa shape index (κ3) is 3.59. The van der Waals surface area contributed by atoms with Gasteiger partial charge in [-0.15, -0.1) is 0 Å². The SMILES string of the molecule is CCN1CC[C@H](NC(=O)[C@@H](C)OC)[C@H]1c1ccc(Cl)c(F)c1. The van der Waals surface area contributed by atoms with Crippen LogP contribution in [0.2, 0.25) is 5.02 Å². The highest BCUT2D eigenvalue weighted by molar-refractivity contribution is 6.30. The molecule has 3 atom stereocenters. The molecule has 0 radical (unpaired) electrons. The van der Waals surface area contributed by atoms with Crippen LogP contribution in [0.15, 0.2) is 18.2 Å². The average Bonchev–Trinajstić information content (AvgIpc) is 2.91. The third-order valence-electron chi connectivity index (χ3n) is 4.24. The molecule has 2 rings (SSSR count). The van der Waals surface area contributed by atoms with Gasteiger partial charge in [-0.1, -0.05) is 24.6 Å². The minimum Gasteiger partial charge on any atom is -0.372 e. The zero-order valence-corrected chi connectivity index (χ0v) is 13.9. The first kappa shape index (κ1) is 17.2. The summed E-state index contributed by atoms with van der Waals surface area (Å²) in [5.74, 6) is -0.581. The normalized spacial score (nSPS) is 23.5. The molecule has 4 nitrogen and oxygen atoms in total. The van der Waals surface area contributed by atoms with Gasteiger partial charge in [-0.05, 0) is 37.6 Å². The van der Waals surface area contributed by atoms with Crippen molar-refractivity contribution >= 4 is 17.5 Å². The molecule has 0 aliphatic carbocycles. The summed E-state index contributed by atoms with van der Waals surface area (Å²) in [5.41, 5.74) is 0.830. The number of benzene rings is 1. The summed E-state index contributed by atoms with van der Waals surface area (Å²) >= 11 is 5.76. The van der Waals surface area contributed by atoms with Gasteiger partial charge in [0.15, 0.2) is 0 Å². The summed E-state index contributed by atoms with van der Waals surface area (Å²) in [6.45, 7) is 5.46. The van der Waals surface area contributed by atoms with Crippen molar-refractivity contribution in [3.05, 3.63) is 34.6 Å². The van der Waals surface area contributed by atoms with Crippen molar-refractivity contribution in [3.63, 3.8) is 0 Å². The van der Waals surface area contributed by atoms with E-state index in [4.69, 9.17) is 16.3 Å². The van der Waals surface area contributed by atoms with Gasteiger partial charge in [-0.25, -0.2) is 4.39 Å². The van der Waals surface area contributed by atoms with Crippen LogP contribution in [0.1, 0.15) is 31.9 Å². The summed E-state index contributed by atoms with van der Waals surface area (Å²) in [6.07, 6.45) is 0.323. The van der Waals surface area contributed by atoms with Crippen LogP contribution >= 0.6 is 11.6 Å². The highest BCUT2D eigenvalue weighted by Crippen LogP contribution is 2.33. The summed E-state index contributed by atoms with van der Waals surface area (Å²) < 4.78 is 18.8. The Hall–Kier alpha value is -1.17. The third-order valence-corrected chi connectivity index (χ3v) is 4.55. The quantitative estimate of drug-likeness (QED) is 0.903. The van der Waals surface area contributed by atoms with Gasteiger partial charge >= 0.3 is 0 Å². The fraction of sp³-hybridized carbons (Fsp3) is 0.562. The molecule has 1 aromatic carbocycles. The van der Waals surface area contributed by atoms with Crippen LogP contribution in [0.5, 0.6) is 0 Å². The molecule has 1 aliphatic rings. The van der Waals surface area contributed by atoms with Gasteiger partial charge in [0.1, 0.15) is 11.9 Å². The number of rotatable bonds is 5. The Morgan fingerprint density at radius 3 is 2.91 bits per heavy atom. The van der Waals surface area contributed by atoms with Crippen molar-refractivity contribution in [2.75, 3.05) is 20.2 Å². The van der Waals surface area contributed by atoms with Crippen LogP contribution in [-0.4, -0.2) is 43.2 Å². The number of methoxy groups -OCH3 is 1. The molecule has 1 saturated heterocycles. The Morgan fingerprint density at radius 2 is 2.32 bits per heavy atom. The minimum absolute atomic E-state index is 0.0511. The van der Waals surface area contributed by atoms with Crippen LogP contribution in [-0.2, 0) is 9.53 Å². The summed E-state index contributed by atoms with van der Waals surface area (Å²) in [7, 11) is 1.50. The number of carbonyl (C=O) groups is 1. The van der Waals surface area contributed by atoms with E-state index in [9.17, 15) is 9.18 Å². The van der Waals surface area contributed by atoms with Gasteiger partial charge in [-0.2, -0.15) is 0 Å². The predicted molar refractivity (Wildman–Crippen MR) is 84.4 cm³/mol. The van der Waals surface area contributed by atoms with Crippen molar-refractivity contribution in [1.29, 1.82) is 0 Å². The lowest BCUT2D eigenvalue weighted by Crippen LogP contribution is -2.44. The molecule has 1 heterocycles. The van der Waals surface area contributed by atoms with Crippen LogP contribution in [0.25, 0.3) is 0 Å². The molecule has 1 amide bonds. The van der Waals surface area contributed by atoms with Gasteiger partial charge in [0.2, 0.25) is 5.91 Å². The Balaban J connectivity index is 2.22. The lowest BCUT2D eigenvalue weighted by Gasteiger charge is -2.29. The zero-order valence-electron chi connectivity index (χ0n) is 13.1. The maximum Gasteiger partial charge on any atom is 0.249 e. The van der Waals surface area contributed by atoms with Crippen LogP contribution in [0, 0.1) is 5.82 Å². The van der Waals surface area contributed by atoms with Crippen molar-refractivity contribution in [3.8, 4) is 0 Å². The number of carbonyl (C=O) groups excluding carboxylic acids is 1. The fourth-order valence-corrected chi connectivity index (χ4v) is 3.03. The topological polar surface area (TPSA) is 41.6 Å². The first-order valence-corrected chi connectivity index (χ1v) is 7.87. The second kappa shape index (κ2) is 7.40. The molecule has 1 aromatic rings. The van der Waals surface area contributed by atoms with Gasteiger partial charge in [0, 0.05) is 19.7 Å². The van der Waals surface area contributed by atoms with E-state index in [1.807, 2.05) is 6.07 Å². The summed E-state index contributed by atoms with van der Waals surface area (Å²) in [6, 6.07) is 4.73. The van der Waals surface area contributed by atoms with Crippen molar-refractivity contribution in [2.24, 2.45) is 0 Å². The Bertz CT molecular complexity index is 541. The number of likely N-dealkylation sites (N-methyl/N-ethyl adjacent to an activating group) is 1. The predicted octanol–water partition coefficient (Wildman–Crippen LogP) is 2.77. The number of likely N-dealkylation sites (tertiary alicyclic amines) is 1. The summed E-state index contributed by atoms with van der Waals surface area (Å²) in [5, 5.41) is 3.13. The van der Waals surface area contributed by atoms with E-state index in [0.717, 1.165) is 25.1 Å². The zero-order chi connectivity index (χ0) is 16.3. The Labute approximate surface area is 135 Å². The average molecular weight is 329 g/mol. The number of hydrogen-bond acceptors (Lipinski definition) is 3. The van der Waals surface area contributed by atoms with Gasteiger partial charge in [-0.3, -0.25) is 9.69 Å². The number of hydrogen-bond donors (Lipinski definition) is 1. The van der Waals surface area contributed by atoms with Gasteiger partial charge in [0.25, 0.3) is 0 Å². The standard InChI is InChI=1S/C16H22ClFN2O2/c1-4-20-8-7-14(19-16(21)10(2)22-3)15(20)11-5-6-12(17)13(18)9-11/h5-6,9-10,14-15H,4,7-8H2,1-3H3,(H,19,21)/t10-,14+,15-/m1/s1. The first-order valence-electron chi connectivity index (χ1n) is 7.50. The Kier molecular flexibility index (Phi) is 5.78. The molecule has 0 spiro atoms. The van der Waals surface area contributed by atoms with Crippen LogP contribution in [0.4, 0.5) is 4.39 Å². The van der Waals surface area contributed by atoms with Crippen LogP contribution in [0.3, 0.4) is 0 Å². The van der Waals surface area contributed by atoms with Crippen molar-refractivity contribution in [1.82, 2.24) is 10.2 Å². The second-order valence-corrected chi connectivity index (χ2v) is 5.94. The summed E-state index contributed by atoms with van der Waals surface area (Å²) in [4.78, 5) is 14.3. The van der Waals surface area contributed by atoms with E-state index in [1.165, 1.54) is 13.2 Å². The van der Waals surface area contributed by atoms with Crippen molar-refractivity contribution in [2.45, 2.75) is 38.5 Å². The van der Waals surface area contributed by atoms with E-state index in [0.29, 0.717) is 0 Å². The maximum atomic E-state index is 13.8. The van der Waals surface area contributed by atoms with Gasteiger partial charge < -0.3 is 10.1 Å². The first-order chi connectivity index (χ1) is 10.5. The number of nitrogens with one attached hydrogen (secondary N) is 1. The van der Waals surface area contributed by atoms with Crippen molar-refractivity contribution < 1.29 is 13.9 Å². The lowest BCUT2D eigenvalue weighted by molar-refractivity contribution is -0.131. The van der Waals surface area contributed by atoms with E-state index in [-0.39, 0.29) is 23.0 Å². The molecule has 1 fully saturated rings.